The Morgan fingerprint density at radius 1 is 1.10 bits per heavy atom. The van der Waals surface area contributed by atoms with Crippen LogP contribution in [0.25, 0.3) is 10.9 Å². The minimum Gasteiger partial charge on any atom is -0.383 e. The summed E-state index contributed by atoms with van der Waals surface area (Å²) >= 11 is 0. The van der Waals surface area contributed by atoms with Crippen LogP contribution in [0.15, 0.2) is 65.8 Å². The molecule has 0 radical (unpaired) electrons. The Morgan fingerprint density at radius 3 is 2.80 bits per heavy atom. The molecule has 4 heterocycles. The van der Waals surface area contributed by atoms with Gasteiger partial charge in [0.25, 0.3) is 5.91 Å². The summed E-state index contributed by atoms with van der Waals surface area (Å²) in [6.45, 7) is 1.60. The van der Waals surface area contributed by atoms with E-state index in [1.54, 1.807) is 25.4 Å². The Hall–Kier alpha value is -3.93. The number of rotatable bonds is 9. The van der Waals surface area contributed by atoms with E-state index in [-0.39, 0.29) is 41.9 Å². The molecule has 0 bridgehead atoms. The van der Waals surface area contributed by atoms with Gasteiger partial charge in [-0.2, -0.15) is 0 Å². The van der Waals surface area contributed by atoms with E-state index in [9.17, 15) is 13.2 Å². The molecule has 11 heteroatoms. The van der Waals surface area contributed by atoms with Crippen LogP contribution in [-0.4, -0.2) is 61.9 Å². The first-order valence-corrected chi connectivity index (χ1v) is 15.3. The van der Waals surface area contributed by atoms with Gasteiger partial charge in [-0.25, -0.2) is 18.4 Å². The van der Waals surface area contributed by atoms with Crippen LogP contribution in [0.3, 0.4) is 0 Å². The molecule has 1 aliphatic heterocycles. The Kier molecular flexibility index (Phi) is 7.65. The maximum absolute atomic E-state index is 12.9. The lowest BCUT2D eigenvalue weighted by Crippen LogP contribution is -2.24. The van der Waals surface area contributed by atoms with Crippen molar-refractivity contribution in [1.82, 2.24) is 20.3 Å². The van der Waals surface area contributed by atoms with Gasteiger partial charge in [-0.15, -0.1) is 0 Å². The quantitative estimate of drug-likeness (QED) is 0.317. The molecule has 41 heavy (non-hydrogen) atoms. The van der Waals surface area contributed by atoms with E-state index >= 15 is 0 Å². The predicted molar refractivity (Wildman–Crippen MR) is 154 cm³/mol. The lowest BCUT2D eigenvalue weighted by Gasteiger charge is -2.23. The van der Waals surface area contributed by atoms with Crippen molar-refractivity contribution < 1.29 is 22.7 Å². The normalized spacial score (nSPS) is 16.1. The zero-order chi connectivity index (χ0) is 28.4. The van der Waals surface area contributed by atoms with Crippen molar-refractivity contribution in [2.24, 2.45) is 0 Å². The molecule has 0 spiro atoms. The number of amides is 1. The number of anilines is 2. The molecule has 2 aliphatic rings. The smallest absolute Gasteiger partial charge is 0.251 e. The molecule has 10 nitrogen and oxygen atoms in total. The molecule has 4 aromatic rings. The number of aromatic nitrogens is 3. The topological polar surface area (TPSA) is 124 Å². The van der Waals surface area contributed by atoms with Crippen LogP contribution in [0.5, 0.6) is 0 Å². The molecule has 0 unspecified atom stereocenters. The highest BCUT2D eigenvalue weighted by Gasteiger charge is 2.25. The second-order valence-electron chi connectivity index (χ2n) is 10.3. The Bertz CT molecular complexity index is 1710. The third kappa shape index (κ3) is 6.07. The number of ether oxygens (including phenoxy) is 2. The van der Waals surface area contributed by atoms with Crippen molar-refractivity contribution in [3.63, 3.8) is 0 Å². The largest absolute Gasteiger partial charge is 0.383 e. The van der Waals surface area contributed by atoms with Crippen LogP contribution in [-0.2, 0) is 32.5 Å². The summed E-state index contributed by atoms with van der Waals surface area (Å²) in [6.07, 6.45) is 6.00. The fourth-order valence-electron chi connectivity index (χ4n) is 4.91. The number of nitrogens with one attached hydrogen (secondary N) is 1. The number of methoxy groups -OCH3 is 1. The molecule has 1 aliphatic carbocycles. The molecule has 6 rings (SSSR count). The highest BCUT2D eigenvalue weighted by molar-refractivity contribution is 7.91. The van der Waals surface area contributed by atoms with Gasteiger partial charge in [0.15, 0.2) is 9.84 Å². The van der Waals surface area contributed by atoms with Gasteiger partial charge in [0.2, 0.25) is 0 Å². The van der Waals surface area contributed by atoms with E-state index in [1.807, 2.05) is 29.3 Å². The number of nitrogens with zero attached hydrogens (tertiary/aromatic N) is 4. The number of carbonyl (C=O) groups excluding carboxylic acids is 1. The summed E-state index contributed by atoms with van der Waals surface area (Å²) in [5.74, 6) is 1.69. The molecule has 212 valence electrons. The monoisotopic (exact) mass is 573 g/mol. The summed E-state index contributed by atoms with van der Waals surface area (Å²) in [7, 11) is -1.84. The first-order valence-electron chi connectivity index (χ1n) is 13.6. The number of sulfone groups is 1. The summed E-state index contributed by atoms with van der Waals surface area (Å²) < 4.78 is 35.9. The van der Waals surface area contributed by atoms with Crippen LogP contribution < -0.4 is 10.2 Å². The molecule has 3 aromatic heterocycles. The van der Waals surface area contributed by atoms with E-state index < -0.39 is 9.84 Å². The molecule has 1 fully saturated rings. The standard InChI is InChI=1S/C30H31N5O5S/c1-39-11-10-35(29-15-21(8-9-31-29)20-2-3-20)28-7-6-23-17-32-25(16-26(23)34-28)18-33-30(36)22-4-5-24-19-40-12-13-41(37,38)27(24)14-22/h4-9,14-17,20H,2-3,10-13,18-19H2,1H3,(H,33,36). The number of pyridine rings is 3. The van der Waals surface area contributed by atoms with Gasteiger partial charge in [-0.1, -0.05) is 6.07 Å². The lowest BCUT2D eigenvalue weighted by atomic mass is 10.1. The van der Waals surface area contributed by atoms with E-state index in [2.05, 4.69) is 27.4 Å². The third-order valence-corrected chi connectivity index (χ3v) is 9.11. The second kappa shape index (κ2) is 11.5. The van der Waals surface area contributed by atoms with Crippen LogP contribution in [0.2, 0.25) is 0 Å². The summed E-state index contributed by atoms with van der Waals surface area (Å²) in [5.41, 5.74) is 3.49. The minimum atomic E-state index is -3.51. The van der Waals surface area contributed by atoms with Crippen molar-refractivity contribution in [2.75, 3.05) is 37.5 Å². The van der Waals surface area contributed by atoms with Crippen molar-refractivity contribution >= 4 is 38.3 Å². The highest BCUT2D eigenvalue weighted by atomic mass is 32.2. The van der Waals surface area contributed by atoms with Crippen molar-refractivity contribution in [2.45, 2.75) is 36.8 Å². The SMILES string of the molecule is COCCN(c1cc(C2CC2)ccn1)c1ccc2cnc(CNC(=O)c3ccc4c(c3)S(=O)(=O)CCOC4)cc2n1. The molecule has 1 amide bonds. The average molecular weight is 574 g/mol. The van der Waals surface area contributed by atoms with Crippen LogP contribution in [0.1, 0.15) is 45.9 Å². The van der Waals surface area contributed by atoms with Gasteiger partial charge in [-0.05, 0) is 72.4 Å². The average Bonchev–Trinajstić information content (AvgIpc) is 3.85. The molecular formula is C30H31N5O5S. The van der Waals surface area contributed by atoms with Gasteiger partial charge in [-0.3, -0.25) is 9.78 Å². The van der Waals surface area contributed by atoms with E-state index in [4.69, 9.17) is 14.5 Å². The maximum atomic E-state index is 12.9. The number of benzene rings is 1. The van der Waals surface area contributed by atoms with Crippen molar-refractivity contribution in [3.05, 3.63) is 83.3 Å². The predicted octanol–water partition coefficient (Wildman–Crippen LogP) is 3.92. The summed E-state index contributed by atoms with van der Waals surface area (Å²) in [5, 5.41) is 3.72. The number of carbonyl (C=O) groups is 1. The van der Waals surface area contributed by atoms with Gasteiger partial charge in [0.05, 0.1) is 48.2 Å². The fraction of sp³-hybridized carbons (Fsp3) is 0.333. The van der Waals surface area contributed by atoms with Crippen LogP contribution in [0, 0.1) is 0 Å². The zero-order valence-electron chi connectivity index (χ0n) is 22.7. The molecule has 0 saturated heterocycles. The first kappa shape index (κ1) is 27.3. The van der Waals surface area contributed by atoms with Gasteiger partial charge >= 0.3 is 0 Å². The van der Waals surface area contributed by atoms with Gasteiger partial charge < -0.3 is 19.7 Å². The summed E-state index contributed by atoms with van der Waals surface area (Å²) in [6, 6.07) is 14.7. The van der Waals surface area contributed by atoms with Crippen LogP contribution in [0.4, 0.5) is 11.6 Å². The Morgan fingerprint density at radius 2 is 1.98 bits per heavy atom. The van der Waals surface area contributed by atoms with Crippen LogP contribution >= 0.6 is 0 Å². The minimum absolute atomic E-state index is 0.105. The van der Waals surface area contributed by atoms with Crippen molar-refractivity contribution in [1.29, 1.82) is 0 Å². The lowest BCUT2D eigenvalue weighted by molar-refractivity contribution is 0.0950. The van der Waals surface area contributed by atoms with E-state index in [0.717, 1.165) is 22.5 Å². The number of hydrogen-bond acceptors (Lipinski definition) is 9. The molecule has 0 atom stereocenters. The Balaban J connectivity index is 1.22. The highest BCUT2D eigenvalue weighted by Crippen LogP contribution is 2.41. The first-order chi connectivity index (χ1) is 19.9. The fourth-order valence-corrected chi connectivity index (χ4v) is 6.30. The maximum Gasteiger partial charge on any atom is 0.251 e. The molecule has 1 N–H and O–H groups in total. The third-order valence-electron chi connectivity index (χ3n) is 7.35. The number of hydrogen-bond donors (Lipinski definition) is 1. The molecule has 1 aromatic carbocycles. The molecule has 1 saturated carbocycles. The number of fused-ring (bicyclic) bond motifs is 2. The van der Waals surface area contributed by atoms with E-state index in [0.29, 0.717) is 30.3 Å². The zero-order valence-corrected chi connectivity index (χ0v) is 23.6. The second-order valence-corrected chi connectivity index (χ2v) is 12.4. The Labute approximate surface area is 238 Å². The van der Waals surface area contributed by atoms with E-state index in [1.165, 1.54) is 24.5 Å². The van der Waals surface area contributed by atoms with Gasteiger partial charge in [0, 0.05) is 37.0 Å². The molecular weight excluding hydrogens is 542 g/mol. The van der Waals surface area contributed by atoms with Crippen molar-refractivity contribution in [3.8, 4) is 0 Å². The summed E-state index contributed by atoms with van der Waals surface area (Å²) in [4.78, 5) is 29.2. The van der Waals surface area contributed by atoms with Gasteiger partial charge in [0.1, 0.15) is 11.6 Å².